The molecule has 138 valence electrons. The molecule has 8 heteroatoms. The summed E-state index contributed by atoms with van der Waals surface area (Å²) in [6.07, 6.45) is 2.58. The van der Waals surface area contributed by atoms with E-state index < -0.39 is 17.4 Å². The first-order valence-corrected chi connectivity index (χ1v) is 9.17. The number of aryl methyl sites for hydroxylation is 1. The van der Waals surface area contributed by atoms with Gasteiger partial charge >= 0.3 is 5.63 Å². The summed E-state index contributed by atoms with van der Waals surface area (Å²) in [5.74, 6) is -0.649. The number of benzene rings is 1. The van der Waals surface area contributed by atoms with Crippen molar-refractivity contribution in [2.24, 2.45) is 5.73 Å². The third-order valence-corrected chi connectivity index (χ3v) is 5.79. The largest absolute Gasteiger partial charge is 0.497 e. The van der Waals surface area contributed by atoms with Crippen molar-refractivity contribution < 1.29 is 18.7 Å². The quantitative estimate of drug-likeness (QED) is 0.672. The SMILES string of the molecule is COc1ccc2oc(=O)c(C(=O)Nc3sc4c(c3C(N)=O)CCC4)cc2c1. The molecule has 0 fully saturated rings. The number of nitrogens with one attached hydrogen (secondary N) is 1. The average molecular weight is 384 g/mol. The monoisotopic (exact) mass is 384 g/mol. The summed E-state index contributed by atoms with van der Waals surface area (Å²) < 4.78 is 10.4. The Hall–Kier alpha value is -3.13. The fourth-order valence-corrected chi connectivity index (χ4v) is 4.60. The number of thiophene rings is 1. The Bertz CT molecular complexity index is 1140. The Kier molecular flexibility index (Phi) is 4.19. The molecule has 27 heavy (non-hydrogen) atoms. The molecule has 0 bridgehead atoms. The lowest BCUT2D eigenvalue weighted by Gasteiger charge is -2.07. The van der Waals surface area contributed by atoms with Crippen LogP contribution in [0, 0.1) is 0 Å². The molecule has 2 aromatic heterocycles. The Balaban J connectivity index is 1.73. The predicted octanol–water partition coefficient (Wildman–Crippen LogP) is 2.70. The third-order valence-electron chi connectivity index (χ3n) is 4.58. The summed E-state index contributed by atoms with van der Waals surface area (Å²) in [5.41, 5.74) is 6.19. The number of methoxy groups -OCH3 is 1. The van der Waals surface area contributed by atoms with E-state index >= 15 is 0 Å². The van der Waals surface area contributed by atoms with E-state index in [1.54, 1.807) is 18.2 Å². The molecule has 3 aromatic rings. The number of carbonyl (C=O) groups is 2. The normalized spacial score (nSPS) is 12.8. The third kappa shape index (κ3) is 2.97. The van der Waals surface area contributed by atoms with E-state index in [0.29, 0.717) is 27.3 Å². The number of hydrogen-bond donors (Lipinski definition) is 2. The number of amides is 2. The van der Waals surface area contributed by atoms with E-state index in [4.69, 9.17) is 14.9 Å². The van der Waals surface area contributed by atoms with Gasteiger partial charge in [-0.15, -0.1) is 11.3 Å². The lowest BCUT2D eigenvalue weighted by Crippen LogP contribution is -2.22. The fraction of sp³-hybridized carbons (Fsp3) is 0.211. The molecule has 7 nitrogen and oxygen atoms in total. The number of rotatable bonds is 4. The van der Waals surface area contributed by atoms with Gasteiger partial charge in [-0.3, -0.25) is 9.59 Å². The van der Waals surface area contributed by atoms with Crippen molar-refractivity contribution in [3.8, 4) is 5.75 Å². The molecule has 0 saturated heterocycles. The zero-order valence-corrected chi connectivity index (χ0v) is 15.3. The van der Waals surface area contributed by atoms with Crippen LogP contribution in [-0.2, 0) is 12.8 Å². The number of primary amides is 1. The van der Waals surface area contributed by atoms with Crippen LogP contribution < -0.4 is 21.4 Å². The number of fused-ring (bicyclic) bond motifs is 2. The van der Waals surface area contributed by atoms with Crippen LogP contribution in [0.15, 0.2) is 33.5 Å². The van der Waals surface area contributed by atoms with Gasteiger partial charge in [0.05, 0.1) is 12.7 Å². The molecular weight excluding hydrogens is 368 g/mol. The van der Waals surface area contributed by atoms with E-state index in [1.807, 2.05) is 0 Å². The molecule has 1 aliphatic carbocycles. The van der Waals surface area contributed by atoms with Crippen molar-refractivity contribution in [3.63, 3.8) is 0 Å². The van der Waals surface area contributed by atoms with Crippen molar-refractivity contribution in [2.75, 3.05) is 12.4 Å². The molecule has 0 saturated carbocycles. The first kappa shape index (κ1) is 17.3. The lowest BCUT2D eigenvalue weighted by molar-refractivity contribution is 0.100. The van der Waals surface area contributed by atoms with Crippen LogP contribution in [0.1, 0.15) is 37.6 Å². The maximum atomic E-state index is 12.7. The zero-order valence-electron chi connectivity index (χ0n) is 14.5. The predicted molar refractivity (Wildman–Crippen MR) is 102 cm³/mol. The molecule has 2 amide bonds. The summed E-state index contributed by atoms with van der Waals surface area (Å²) in [7, 11) is 1.52. The number of anilines is 1. The second kappa shape index (κ2) is 6.55. The van der Waals surface area contributed by atoms with E-state index in [9.17, 15) is 14.4 Å². The molecule has 1 aliphatic rings. The minimum atomic E-state index is -0.755. The van der Waals surface area contributed by atoms with Crippen molar-refractivity contribution >= 4 is 39.1 Å². The summed E-state index contributed by atoms with van der Waals surface area (Å²) >= 11 is 1.33. The molecule has 3 N–H and O–H groups in total. The van der Waals surface area contributed by atoms with E-state index in [2.05, 4.69) is 5.32 Å². The maximum absolute atomic E-state index is 12.7. The highest BCUT2D eigenvalue weighted by molar-refractivity contribution is 7.17. The van der Waals surface area contributed by atoms with Gasteiger partial charge in [-0.1, -0.05) is 0 Å². The van der Waals surface area contributed by atoms with Gasteiger partial charge in [0.25, 0.3) is 11.8 Å². The standard InChI is InChI=1S/C19H16N2O5S/c1-25-10-5-6-13-9(7-10)8-12(19(24)26-13)17(23)21-18-15(16(20)22)11-3-2-4-14(11)27-18/h5-8H,2-4H2,1H3,(H2,20,22)(H,21,23). The summed E-state index contributed by atoms with van der Waals surface area (Å²) in [6, 6.07) is 6.39. The second-order valence-electron chi connectivity index (χ2n) is 6.23. The van der Waals surface area contributed by atoms with Crippen LogP contribution in [0.25, 0.3) is 11.0 Å². The highest BCUT2D eigenvalue weighted by atomic mass is 32.1. The number of ether oxygens (including phenoxy) is 1. The molecule has 4 rings (SSSR count). The first-order valence-electron chi connectivity index (χ1n) is 8.35. The van der Waals surface area contributed by atoms with Crippen LogP contribution in [0.5, 0.6) is 5.75 Å². The van der Waals surface area contributed by atoms with E-state index in [-0.39, 0.29) is 5.56 Å². The topological polar surface area (TPSA) is 112 Å². The lowest BCUT2D eigenvalue weighted by atomic mass is 10.1. The van der Waals surface area contributed by atoms with Gasteiger partial charge in [-0.25, -0.2) is 4.79 Å². The van der Waals surface area contributed by atoms with E-state index in [1.165, 1.54) is 24.5 Å². The first-order chi connectivity index (χ1) is 13.0. The minimum absolute atomic E-state index is 0.153. The summed E-state index contributed by atoms with van der Waals surface area (Å²) in [6.45, 7) is 0. The van der Waals surface area contributed by atoms with Crippen molar-refractivity contribution in [2.45, 2.75) is 19.3 Å². The van der Waals surface area contributed by atoms with E-state index in [0.717, 1.165) is 29.7 Å². The minimum Gasteiger partial charge on any atom is -0.497 e. The number of carbonyl (C=O) groups excluding carboxylic acids is 2. The van der Waals surface area contributed by atoms with Crippen LogP contribution in [0.4, 0.5) is 5.00 Å². The molecular formula is C19H16N2O5S. The van der Waals surface area contributed by atoms with Crippen molar-refractivity contribution in [1.82, 2.24) is 0 Å². The Morgan fingerprint density at radius 2 is 2.07 bits per heavy atom. The van der Waals surface area contributed by atoms with Gasteiger partial charge < -0.3 is 20.2 Å². The fourth-order valence-electron chi connectivity index (χ4n) is 3.31. The molecule has 2 heterocycles. The van der Waals surface area contributed by atoms with Gasteiger partial charge in [0, 0.05) is 10.3 Å². The van der Waals surface area contributed by atoms with Gasteiger partial charge in [-0.05, 0) is 49.1 Å². The Labute approximate surface area is 157 Å². The van der Waals surface area contributed by atoms with Gasteiger partial charge in [0.1, 0.15) is 21.9 Å². The smallest absolute Gasteiger partial charge is 0.349 e. The number of hydrogen-bond acceptors (Lipinski definition) is 6. The Morgan fingerprint density at radius 1 is 1.26 bits per heavy atom. The zero-order chi connectivity index (χ0) is 19.1. The highest BCUT2D eigenvalue weighted by Crippen LogP contribution is 2.39. The van der Waals surface area contributed by atoms with Crippen LogP contribution >= 0.6 is 11.3 Å². The molecule has 0 radical (unpaired) electrons. The maximum Gasteiger partial charge on any atom is 0.349 e. The molecule has 0 unspecified atom stereocenters. The molecule has 1 aromatic carbocycles. The highest BCUT2D eigenvalue weighted by Gasteiger charge is 2.27. The average Bonchev–Trinajstić information content (AvgIpc) is 3.20. The van der Waals surface area contributed by atoms with Gasteiger partial charge in [0.2, 0.25) is 0 Å². The Morgan fingerprint density at radius 3 is 2.81 bits per heavy atom. The van der Waals surface area contributed by atoms with Crippen molar-refractivity contribution in [1.29, 1.82) is 0 Å². The van der Waals surface area contributed by atoms with Crippen LogP contribution in [0.3, 0.4) is 0 Å². The number of nitrogens with two attached hydrogens (primary N) is 1. The van der Waals surface area contributed by atoms with Crippen molar-refractivity contribution in [3.05, 3.63) is 56.3 Å². The molecule has 0 aliphatic heterocycles. The van der Waals surface area contributed by atoms with Gasteiger partial charge in [-0.2, -0.15) is 0 Å². The van der Waals surface area contributed by atoms with Crippen LogP contribution in [-0.4, -0.2) is 18.9 Å². The second-order valence-corrected chi connectivity index (χ2v) is 7.34. The van der Waals surface area contributed by atoms with Crippen LogP contribution in [0.2, 0.25) is 0 Å². The summed E-state index contributed by atoms with van der Waals surface area (Å²) in [5, 5.41) is 3.59. The molecule has 0 atom stereocenters. The molecule has 0 spiro atoms. The van der Waals surface area contributed by atoms with Gasteiger partial charge in [0.15, 0.2) is 0 Å². The summed E-state index contributed by atoms with van der Waals surface area (Å²) in [4.78, 5) is 37.8.